The van der Waals surface area contributed by atoms with Gasteiger partial charge in [0.15, 0.2) is 11.0 Å². The van der Waals surface area contributed by atoms with Gasteiger partial charge in [-0.2, -0.15) is 0 Å². The summed E-state index contributed by atoms with van der Waals surface area (Å²) in [6.07, 6.45) is 2.50. The molecule has 1 N–H and O–H groups in total. The van der Waals surface area contributed by atoms with Crippen LogP contribution in [0.5, 0.6) is 0 Å². The van der Waals surface area contributed by atoms with Crippen molar-refractivity contribution in [2.24, 2.45) is 0 Å². The van der Waals surface area contributed by atoms with Crippen molar-refractivity contribution >= 4 is 17.4 Å². The fraction of sp³-hybridized carbons (Fsp3) is 0.692. The third-order valence-electron chi connectivity index (χ3n) is 3.61. The zero-order valence-corrected chi connectivity index (χ0v) is 12.0. The van der Waals surface area contributed by atoms with Crippen LogP contribution in [0, 0.1) is 13.8 Å². The fourth-order valence-electron chi connectivity index (χ4n) is 2.24. The van der Waals surface area contributed by atoms with Crippen molar-refractivity contribution in [1.82, 2.24) is 9.97 Å². The number of aromatic nitrogens is 2. The summed E-state index contributed by atoms with van der Waals surface area (Å²) in [7, 11) is 0. The number of hydrogen-bond acceptors (Lipinski definition) is 4. The molecule has 0 bridgehead atoms. The minimum absolute atomic E-state index is 0.458. The van der Waals surface area contributed by atoms with Gasteiger partial charge in [0.05, 0.1) is 17.0 Å². The first-order chi connectivity index (χ1) is 8.39. The van der Waals surface area contributed by atoms with E-state index in [0.29, 0.717) is 5.15 Å². The van der Waals surface area contributed by atoms with E-state index in [0.717, 1.165) is 49.6 Å². The average Bonchev–Trinajstić information content (AvgIpc) is 2.45. The second-order valence-electron chi connectivity index (χ2n) is 5.35. The molecule has 2 heterocycles. The molecular weight excluding hydrogens is 250 g/mol. The highest BCUT2D eigenvalue weighted by atomic mass is 35.5. The number of halogens is 1. The fourth-order valence-corrected chi connectivity index (χ4v) is 2.53. The summed E-state index contributed by atoms with van der Waals surface area (Å²) >= 11 is 6.18. The van der Waals surface area contributed by atoms with E-state index >= 15 is 0 Å². The predicted molar refractivity (Wildman–Crippen MR) is 73.2 cm³/mol. The Kier molecular flexibility index (Phi) is 3.78. The minimum atomic E-state index is -0.575. The zero-order chi connectivity index (χ0) is 13.3. The summed E-state index contributed by atoms with van der Waals surface area (Å²) in [5.74, 6) is 0.748. The van der Waals surface area contributed by atoms with Gasteiger partial charge in [0.2, 0.25) is 0 Å². The summed E-state index contributed by atoms with van der Waals surface area (Å²) in [6, 6.07) is 0. The molecule has 0 saturated carbocycles. The van der Waals surface area contributed by atoms with Gasteiger partial charge >= 0.3 is 0 Å². The van der Waals surface area contributed by atoms with Crippen molar-refractivity contribution < 1.29 is 5.11 Å². The van der Waals surface area contributed by atoms with E-state index in [1.165, 1.54) is 0 Å². The first-order valence-electron chi connectivity index (χ1n) is 6.37. The summed E-state index contributed by atoms with van der Waals surface area (Å²) < 4.78 is 0. The van der Waals surface area contributed by atoms with Crippen molar-refractivity contribution in [3.8, 4) is 0 Å². The molecule has 1 aliphatic rings. The Morgan fingerprint density at radius 3 is 2.56 bits per heavy atom. The normalized spacial score (nSPS) is 25.1. The molecule has 1 atom stereocenters. The zero-order valence-electron chi connectivity index (χ0n) is 11.2. The van der Waals surface area contributed by atoms with E-state index in [1.54, 1.807) is 0 Å². The van der Waals surface area contributed by atoms with Crippen molar-refractivity contribution in [2.75, 3.05) is 18.0 Å². The first-order valence-corrected chi connectivity index (χ1v) is 6.75. The van der Waals surface area contributed by atoms with Gasteiger partial charge in [-0.05, 0) is 40.0 Å². The molecule has 0 amide bonds. The van der Waals surface area contributed by atoms with Gasteiger partial charge < -0.3 is 10.0 Å². The smallest absolute Gasteiger partial charge is 0.171 e. The molecule has 4 nitrogen and oxygen atoms in total. The van der Waals surface area contributed by atoms with E-state index in [-0.39, 0.29) is 0 Å². The Morgan fingerprint density at radius 1 is 1.17 bits per heavy atom. The summed E-state index contributed by atoms with van der Waals surface area (Å²) in [5.41, 5.74) is 1.20. The van der Waals surface area contributed by atoms with Crippen molar-refractivity contribution in [2.45, 2.75) is 45.6 Å². The molecule has 18 heavy (non-hydrogen) atoms. The largest absolute Gasteiger partial charge is 0.390 e. The Bertz CT molecular complexity index is 448. The molecule has 1 fully saturated rings. The summed E-state index contributed by atoms with van der Waals surface area (Å²) in [5, 5.41) is 10.5. The van der Waals surface area contributed by atoms with E-state index < -0.39 is 5.60 Å². The summed E-state index contributed by atoms with van der Waals surface area (Å²) in [4.78, 5) is 11.0. The Morgan fingerprint density at radius 2 is 1.83 bits per heavy atom. The van der Waals surface area contributed by atoms with Crippen LogP contribution in [0.1, 0.15) is 37.6 Å². The molecule has 0 aromatic carbocycles. The molecule has 1 aromatic rings. The van der Waals surface area contributed by atoms with Crippen molar-refractivity contribution in [3.63, 3.8) is 0 Å². The maximum absolute atomic E-state index is 10.1. The van der Waals surface area contributed by atoms with Crippen molar-refractivity contribution in [3.05, 3.63) is 16.5 Å². The van der Waals surface area contributed by atoms with Crippen LogP contribution in [-0.4, -0.2) is 33.8 Å². The standard InChI is InChI=1S/C13H20ClN3O/c1-9-10(2)16-12(11(14)15-9)17-7-4-5-13(3,18)6-8-17/h18H,4-8H2,1-3H3. The molecule has 1 aromatic heterocycles. The topological polar surface area (TPSA) is 49.2 Å². The maximum Gasteiger partial charge on any atom is 0.171 e. The Hall–Kier alpha value is -0.870. The van der Waals surface area contributed by atoms with Crippen LogP contribution < -0.4 is 4.90 Å². The van der Waals surface area contributed by atoms with Gasteiger partial charge in [-0.3, -0.25) is 0 Å². The molecule has 1 unspecified atom stereocenters. The number of nitrogens with zero attached hydrogens (tertiary/aromatic N) is 3. The van der Waals surface area contributed by atoms with Gasteiger partial charge in [-0.1, -0.05) is 11.6 Å². The number of aliphatic hydroxyl groups is 1. The lowest BCUT2D eigenvalue weighted by molar-refractivity contribution is 0.0481. The van der Waals surface area contributed by atoms with Gasteiger partial charge in [-0.25, -0.2) is 9.97 Å². The second-order valence-corrected chi connectivity index (χ2v) is 5.70. The van der Waals surface area contributed by atoms with Crippen LogP contribution in [0.2, 0.25) is 5.15 Å². The molecule has 0 aliphatic carbocycles. The van der Waals surface area contributed by atoms with E-state index in [2.05, 4.69) is 14.9 Å². The predicted octanol–water partition coefficient (Wildman–Crippen LogP) is 2.49. The number of aryl methyl sites for hydroxylation is 2. The van der Waals surface area contributed by atoms with E-state index in [4.69, 9.17) is 11.6 Å². The van der Waals surface area contributed by atoms with Crippen LogP contribution >= 0.6 is 11.6 Å². The van der Waals surface area contributed by atoms with Crippen LogP contribution in [0.15, 0.2) is 0 Å². The highest BCUT2D eigenvalue weighted by molar-refractivity contribution is 6.31. The average molecular weight is 270 g/mol. The highest BCUT2D eigenvalue weighted by Gasteiger charge is 2.26. The van der Waals surface area contributed by atoms with E-state index in [9.17, 15) is 5.11 Å². The van der Waals surface area contributed by atoms with Gasteiger partial charge in [0.25, 0.3) is 0 Å². The number of hydrogen-bond donors (Lipinski definition) is 1. The highest BCUT2D eigenvalue weighted by Crippen LogP contribution is 2.28. The molecule has 100 valence electrons. The molecule has 5 heteroatoms. The lowest BCUT2D eigenvalue weighted by Gasteiger charge is -2.24. The Labute approximate surface area is 113 Å². The third-order valence-corrected chi connectivity index (χ3v) is 3.86. The van der Waals surface area contributed by atoms with E-state index in [1.807, 2.05) is 20.8 Å². The second kappa shape index (κ2) is 5.02. The van der Waals surface area contributed by atoms with Crippen LogP contribution in [-0.2, 0) is 0 Å². The quantitative estimate of drug-likeness (QED) is 0.851. The molecule has 0 spiro atoms. The maximum atomic E-state index is 10.1. The lowest BCUT2D eigenvalue weighted by atomic mass is 9.98. The lowest BCUT2D eigenvalue weighted by Crippen LogP contribution is -2.29. The van der Waals surface area contributed by atoms with Gasteiger partial charge in [0.1, 0.15) is 0 Å². The number of rotatable bonds is 1. The van der Waals surface area contributed by atoms with Gasteiger partial charge in [-0.15, -0.1) is 0 Å². The number of anilines is 1. The molecule has 1 aliphatic heterocycles. The van der Waals surface area contributed by atoms with Crippen LogP contribution in [0.25, 0.3) is 0 Å². The molecular formula is C13H20ClN3O. The molecule has 0 radical (unpaired) electrons. The summed E-state index contributed by atoms with van der Waals surface area (Å²) in [6.45, 7) is 7.38. The molecule has 2 rings (SSSR count). The Balaban J connectivity index is 2.24. The van der Waals surface area contributed by atoms with Crippen molar-refractivity contribution in [1.29, 1.82) is 0 Å². The first kappa shape index (κ1) is 13.6. The van der Waals surface area contributed by atoms with Crippen LogP contribution in [0.4, 0.5) is 5.82 Å². The third kappa shape index (κ3) is 2.93. The van der Waals surface area contributed by atoms with Crippen LogP contribution in [0.3, 0.4) is 0 Å². The SMILES string of the molecule is Cc1nc(Cl)c(N2CCCC(C)(O)CC2)nc1C. The molecule has 1 saturated heterocycles. The van der Waals surface area contributed by atoms with Gasteiger partial charge in [0, 0.05) is 13.1 Å². The minimum Gasteiger partial charge on any atom is -0.390 e. The monoisotopic (exact) mass is 269 g/mol.